The Morgan fingerprint density at radius 1 is 1.13 bits per heavy atom. The van der Waals surface area contributed by atoms with E-state index in [1.54, 1.807) is 35.0 Å². The van der Waals surface area contributed by atoms with E-state index in [0.717, 1.165) is 23.9 Å². The molecule has 0 aliphatic heterocycles. The molecule has 0 bridgehead atoms. The van der Waals surface area contributed by atoms with E-state index >= 15 is 0 Å². The number of imidazole rings is 1. The van der Waals surface area contributed by atoms with Crippen molar-refractivity contribution >= 4 is 28.7 Å². The van der Waals surface area contributed by atoms with Crippen LogP contribution in [0.5, 0.6) is 0 Å². The SMILES string of the molecule is CNC(=O)c1nnc(NC(=O)C2CC2)cc1-n1cnc2c(-c3ncn(C)n3)cccc21. The monoisotopic (exact) mass is 417 g/mol. The molecule has 3 heterocycles. The van der Waals surface area contributed by atoms with Gasteiger partial charge < -0.3 is 10.6 Å². The van der Waals surface area contributed by atoms with Crippen LogP contribution < -0.4 is 10.6 Å². The Bertz CT molecular complexity index is 1320. The zero-order chi connectivity index (χ0) is 21.5. The molecule has 11 heteroatoms. The van der Waals surface area contributed by atoms with Crippen LogP contribution in [0.1, 0.15) is 23.3 Å². The van der Waals surface area contributed by atoms with Crippen molar-refractivity contribution in [1.82, 2.24) is 39.8 Å². The van der Waals surface area contributed by atoms with E-state index in [1.807, 2.05) is 18.2 Å². The van der Waals surface area contributed by atoms with Gasteiger partial charge >= 0.3 is 0 Å². The van der Waals surface area contributed by atoms with Crippen molar-refractivity contribution in [3.05, 3.63) is 42.6 Å². The molecule has 11 nitrogen and oxygen atoms in total. The molecule has 0 unspecified atom stereocenters. The molecule has 0 atom stereocenters. The van der Waals surface area contributed by atoms with Crippen LogP contribution in [0.2, 0.25) is 0 Å². The van der Waals surface area contributed by atoms with Gasteiger partial charge in [0.05, 0.1) is 16.7 Å². The predicted octanol–water partition coefficient (Wildman–Crippen LogP) is 1.32. The van der Waals surface area contributed by atoms with Crippen molar-refractivity contribution in [1.29, 1.82) is 0 Å². The highest BCUT2D eigenvalue weighted by molar-refractivity contribution is 5.98. The third-order valence-corrected chi connectivity index (χ3v) is 5.09. The molecule has 5 rings (SSSR count). The minimum atomic E-state index is -0.396. The number of para-hydroxylation sites is 1. The fraction of sp³-hybridized carbons (Fsp3) is 0.250. The first-order chi connectivity index (χ1) is 15.0. The number of fused-ring (bicyclic) bond motifs is 1. The minimum Gasteiger partial charge on any atom is -0.354 e. The summed E-state index contributed by atoms with van der Waals surface area (Å²) in [4.78, 5) is 33.5. The number of carbonyl (C=O) groups is 2. The highest BCUT2D eigenvalue weighted by Gasteiger charge is 2.30. The maximum absolute atomic E-state index is 12.5. The number of rotatable bonds is 5. The fourth-order valence-corrected chi connectivity index (χ4v) is 3.35. The lowest BCUT2D eigenvalue weighted by Crippen LogP contribution is -2.23. The van der Waals surface area contributed by atoms with Crippen molar-refractivity contribution in [2.75, 3.05) is 12.4 Å². The van der Waals surface area contributed by atoms with Gasteiger partial charge in [-0.25, -0.2) is 9.97 Å². The second kappa shape index (κ2) is 7.27. The summed E-state index contributed by atoms with van der Waals surface area (Å²) >= 11 is 0. The van der Waals surface area contributed by atoms with Crippen molar-refractivity contribution in [3.8, 4) is 17.1 Å². The lowest BCUT2D eigenvalue weighted by atomic mass is 10.1. The Morgan fingerprint density at radius 2 is 1.97 bits per heavy atom. The molecule has 1 saturated carbocycles. The zero-order valence-electron chi connectivity index (χ0n) is 16.9. The van der Waals surface area contributed by atoms with E-state index in [1.165, 1.54) is 7.05 Å². The lowest BCUT2D eigenvalue weighted by molar-refractivity contribution is -0.117. The van der Waals surface area contributed by atoms with Crippen LogP contribution in [-0.4, -0.2) is 53.4 Å². The molecule has 1 aliphatic carbocycles. The highest BCUT2D eigenvalue weighted by atomic mass is 16.2. The number of aromatic nitrogens is 7. The van der Waals surface area contributed by atoms with Gasteiger partial charge in [0.15, 0.2) is 17.3 Å². The van der Waals surface area contributed by atoms with E-state index in [-0.39, 0.29) is 23.3 Å². The lowest BCUT2D eigenvalue weighted by Gasteiger charge is -2.11. The Hall–Kier alpha value is -4.15. The molecule has 2 amide bonds. The summed E-state index contributed by atoms with van der Waals surface area (Å²) in [6.07, 6.45) is 4.97. The van der Waals surface area contributed by atoms with Crippen LogP contribution in [0.3, 0.4) is 0 Å². The minimum absolute atomic E-state index is 0.0198. The molecular weight excluding hydrogens is 398 g/mol. The number of hydrogen-bond acceptors (Lipinski definition) is 7. The van der Waals surface area contributed by atoms with Crippen LogP contribution in [0.15, 0.2) is 36.9 Å². The average molecular weight is 417 g/mol. The van der Waals surface area contributed by atoms with E-state index < -0.39 is 5.91 Å². The zero-order valence-corrected chi connectivity index (χ0v) is 16.9. The van der Waals surface area contributed by atoms with Gasteiger partial charge in [-0.15, -0.1) is 10.2 Å². The van der Waals surface area contributed by atoms with E-state index in [9.17, 15) is 9.59 Å². The molecule has 0 spiro atoms. The van der Waals surface area contributed by atoms with Gasteiger partial charge in [-0.3, -0.25) is 18.8 Å². The van der Waals surface area contributed by atoms with E-state index in [0.29, 0.717) is 17.0 Å². The Balaban J connectivity index is 1.64. The number of benzene rings is 1. The molecular formula is C20H19N9O2. The van der Waals surface area contributed by atoms with E-state index in [4.69, 9.17) is 0 Å². The molecule has 0 saturated heterocycles. The van der Waals surface area contributed by atoms with Crippen LogP contribution in [-0.2, 0) is 11.8 Å². The molecule has 1 aliphatic rings. The Kier molecular flexibility index (Phi) is 4.42. The summed E-state index contributed by atoms with van der Waals surface area (Å²) in [5.41, 5.74) is 2.75. The number of hydrogen-bond donors (Lipinski definition) is 2. The number of carbonyl (C=O) groups excluding carboxylic acids is 2. The predicted molar refractivity (Wildman–Crippen MR) is 111 cm³/mol. The van der Waals surface area contributed by atoms with Crippen molar-refractivity contribution in [2.24, 2.45) is 13.0 Å². The molecule has 4 aromatic rings. The molecule has 0 radical (unpaired) electrons. The second-order valence-corrected chi connectivity index (χ2v) is 7.34. The van der Waals surface area contributed by atoms with E-state index in [2.05, 4.69) is 35.9 Å². The summed E-state index contributed by atoms with van der Waals surface area (Å²) in [6.45, 7) is 0. The van der Waals surface area contributed by atoms with Gasteiger partial charge in [-0.1, -0.05) is 6.07 Å². The first kappa shape index (κ1) is 18.9. The first-order valence-corrected chi connectivity index (χ1v) is 9.78. The molecule has 1 aromatic carbocycles. The summed E-state index contributed by atoms with van der Waals surface area (Å²) in [5, 5.41) is 17.8. The molecule has 2 N–H and O–H groups in total. The fourth-order valence-electron chi connectivity index (χ4n) is 3.35. The van der Waals surface area contributed by atoms with Gasteiger partial charge in [0.25, 0.3) is 5.91 Å². The van der Waals surface area contributed by atoms with Gasteiger partial charge in [0.2, 0.25) is 5.91 Å². The number of nitrogens with one attached hydrogen (secondary N) is 2. The van der Waals surface area contributed by atoms with Gasteiger partial charge in [0.1, 0.15) is 12.7 Å². The van der Waals surface area contributed by atoms with Crippen LogP contribution in [0.4, 0.5) is 5.82 Å². The highest BCUT2D eigenvalue weighted by Crippen LogP contribution is 2.31. The largest absolute Gasteiger partial charge is 0.354 e. The standard InChI is InChI=1S/C20H19N9O2/c1-21-20(31)17-14(8-15(25-26-17)24-19(30)11-6-7-11)29-10-22-16-12(4-3-5-13(16)29)18-23-9-28(2)27-18/h3-5,8-11H,6-7H2,1-2H3,(H,21,31)(H,24,25,30). The summed E-state index contributed by atoms with van der Waals surface area (Å²) in [5.74, 6) is 0.365. The molecule has 3 aromatic heterocycles. The van der Waals surface area contributed by atoms with Crippen LogP contribution >= 0.6 is 0 Å². The summed E-state index contributed by atoms with van der Waals surface area (Å²) in [7, 11) is 3.32. The quantitative estimate of drug-likeness (QED) is 0.500. The maximum atomic E-state index is 12.5. The van der Waals surface area contributed by atoms with Crippen molar-refractivity contribution < 1.29 is 9.59 Å². The third kappa shape index (κ3) is 3.39. The summed E-state index contributed by atoms with van der Waals surface area (Å²) in [6, 6.07) is 7.27. The van der Waals surface area contributed by atoms with Crippen LogP contribution in [0.25, 0.3) is 28.1 Å². The van der Waals surface area contributed by atoms with Crippen LogP contribution in [0, 0.1) is 5.92 Å². The maximum Gasteiger partial charge on any atom is 0.273 e. The third-order valence-electron chi connectivity index (χ3n) is 5.09. The number of nitrogens with zero attached hydrogens (tertiary/aromatic N) is 7. The number of anilines is 1. The smallest absolute Gasteiger partial charge is 0.273 e. The average Bonchev–Trinajstić information content (AvgIpc) is 3.41. The van der Waals surface area contributed by atoms with Gasteiger partial charge in [-0.05, 0) is 25.0 Å². The Labute approximate surface area is 176 Å². The van der Waals surface area contributed by atoms with Crippen molar-refractivity contribution in [3.63, 3.8) is 0 Å². The first-order valence-electron chi connectivity index (χ1n) is 9.78. The normalized spacial score (nSPS) is 13.4. The van der Waals surface area contributed by atoms with Gasteiger partial charge in [0, 0.05) is 31.6 Å². The molecule has 1 fully saturated rings. The summed E-state index contributed by atoms with van der Waals surface area (Å²) < 4.78 is 3.37. The van der Waals surface area contributed by atoms with Crippen molar-refractivity contribution in [2.45, 2.75) is 12.8 Å². The second-order valence-electron chi connectivity index (χ2n) is 7.34. The Morgan fingerprint density at radius 3 is 2.68 bits per heavy atom. The van der Waals surface area contributed by atoms with Gasteiger partial charge in [-0.2, -0.15) is 5.10 Å². The topological polar surface area (TPSA) is 133 Å². The number of amides is 2. The molecule has 31 heavy (non-hydrogen) atoms. The molecule has 156 valence electrons. The number of aryl methyl sites for hydroxylation is 1.